The van der Waals surface area contributed by atoms with Crippen molar-refractivity contribution in [1.29, 1.82) is 0 Å². The summed E-state index contributed by atoms with van der Waals surface area (Å²) in [5.74, 6) is 1.40. The Morgan fingerprint density at radius 3 is 2.54 bits per heavy atom. The fraction of sp³-hybridized carbons (Fsp3) is 0.217. The molecular formula is C23H24N4O. The Morgan fingerprint density at radius 2 is 1.71 bits per heavy atom. The number of fused-ring (bicyclic) bond motifs is 1. The van der Waals surface area contributed by atoms with Crippen LogP contribution in [0.25, 0.3) is 10.9 Å². The fourth-order valence-corrected chi connectivity index (χ4v) is 3.64. The minimum absolute atomic E-state index is 0.0676. The summed E-state index contributed by atoms with van der Waals surface area (Å²) in [5.41, 5.74) is 3.39. The molecule has 0 spiro atoms. The van der Waals surface area contributed by atoms with E-state index >= 15 is 0 Å². The summed E-state index contributed by atoms with van der Waals surface area (Å²) in [7, 11) is 0. The first-order valence-corrected chi connectivity index (χ1v) is 9.66. The first kappa shape index (κ1) is 18.0. The third kappa shape index (κ3) is 4.49. The third-order valence-electron chi connectivity index (χ3n) is 5.05. The molecule has 142 valence electrons. The van der Waals surface area contributed by atoms with E-state index in [2.05, 4.69) is 63.0 Å². The van der Waals surface area contributed by atoms with Gasteiger partial charge in [-0.2, -0.15) is 0 Å². The van der Waals surface area contributed by atoms with Crippen molar-refractivity contribution < 1.29 is 0 Å². The van der Waals surface area contributed by atoms with Crippen molar-refractivity contribution in [2.24, 2.45) is 5.92 Å². The van der Waals surface area contributed by atoms with E-state index in [4.69, 9.17) is 0 Å². The van der Waals surface area contributed by atoms with E-state index in [0.717, 1.165) is 37.1 Å². The molecule has 0 aliphatic heterocycles. The van der Waals surface area contributed by atoms with Gasteiger partial charge in [-0.3, -0.25) is 15.0 Å². The summed E-state index contributed by atoms with van der Waals surface area (Å²) in [6, 6.07) is 22.6. The SMILES string of the molecule is O=c1[nH][nH]c2cc(CC(CCNc3ccccn3)Cc3ccccc3)ccc12. The molecule has 2 heterocycles. The lowest BCUT2D eigenvalue weighted by molar-refractivity contribution is 0.493. The van der Waals surface area contributed by atoms with Crippen molar-refractivity contribution in [2.45, 2.75) is 19.3 Å². The van der Waals surface area contributed by atoms with Crippen LogP contribution < -0.4 is 10.9 Å². The minimum atomic E-state index is -0.0676. The number of nitrogens with one attached hydrogen (secondary N) is 3. The van der Waals surface area contributed by atoms with Crippen molar-refractivity contribution in [3.63, 3.8) is 0 Å². The number of anilines is 1. The molecule has 2 aromatic heterocycles. The second-order valence-electron chi connectivity index (χ2n) is 7.15. The normalized spacial score (nSPS) is 12.1. The molecule has 0 bridgehead atoms. The van der Waals surface area contributed by atoms with Crippen LogP contribution in [-0.4, -0.2) is 21.7 Å². The van der Waals surface area contributed by atoms with Crippen LogP contribution >= 0.6 is 0 Å². The highest BCUT2D eigenvalue weighted by molar-refractivity contribution is 5.78. The van der Waals surface area contributed by atoms with Gasteiger partial charge in [0.15, 0.2) is 0 Å². The van der Waals surface area contributed by atoms with E-state index in [0.29, 0.717) is 11.3 Å². The second-order valence-corrected chi connectivity index (χ2v) is 7.15. The number of aromatic nitrogens is 3. The molecule has 1 atom stereocenters. The Kier molecular flexibility index (Phi) is 5.52. The first-order chi connectivity index (χ1) is 13.8. The van der Waals surface area contributed by atoms with Gasteiger partial charge in [0, 0.05) is 12.7 Å². The molecule has 0 radical (unpaired) electrons. The first-order valence-electron chi connectivity index (χ1n) is 9.66. The predicted octanol–water partition coefficient (Wildman–Crippen LogP) is 4.15. The second kappa shape index (κ2) is 8.57. The van der Waals surface area contributed by atoms with Crippen LogP contribution in [-0.2, 0) is 12.8 Å². The number of rotatable bonds is 8. The van der Waals surface area contributed by atoms with Gasteiger partial charge in [0.25, 0.3) is 5.56 Å². The molecule has 0 saturated carbocycles. The number of nitrogens with zero attached hydrogens (tertiary/aromatic N) is 1. The van der Waals surface area contributed by atoms with Crippen LogP contribution in [0.4, 0.5) is 5.82 Å². The highest BCUT2D eigenvalue weighted by atomic mass is 16.1. The van der Waals surface area contributed by atoms with Crippen LogP contribution in [0.3, 0.4) is 0 Å². The van der Waals surface area contributed by atoms with Gasteiger partial charge in [-0.15, -0.1) is 0 Å². The van der Waals surface area contributed by atoms with E-state index in [1.807, 2.05) is 24.3 Å². The summed E-state index contributed by atoms with van der Waals surface area (Å²) in [5, 5.41) is 9.73. The lowest BCUT2D eigenvalue weighted by Crippen LogP contribution is -2.14. The predicted molar refractivity (Wildman–Crippen MR) is 114 cm³/mol. The van der Waals surface area contributed by atoms with Crippen LogP contribution in [0.15, 0.2) is 77.7 Å². The van der Waals surface area contributed by atoms with E-state index in [9.17, 15) is 4.79 Å². The fourth-order valence-electron chi connectivity index (χ4n) is 3.64. The third-order valence-corrected chi connectivity index (χ3v) is 5.05. The molecule has 4 aromatic rings. The van der Waals surface area contributed by atoms with Crippen LogP contribution in [0.1, 0.15) is 17.5 Å². The summed E-state index contributed by atoms with van der Waals surface area (Å²) in [6.07, 6.45) is 4.82. The van der Waals surface area contributed by atoms with Gasteiger partial charge in [0.2, 0.25) is 0 Å². The molecule has 0 fully saturated rings. The highest BCUT2D eigenvalue weighted by Crippen LogP contribution is 2.20. The molecule has 0 saturated heterocycles. The molecule has 0 amide bonds. The quantitative estimate of drug-likeness (QED) is 0.435. The maximum absolute atomic E-state index is 11.7. The van der Waals surface area contributed by atoms with E-state index < -0.39 is 0 Å². The van der Waals surface area contributed by atoms with Crippen LogP contribution in [0.5, 0.6) is 0 Å². The lowest BCUT2D eigenvalue weighted by Gasteiger charge is -2.18. The lowest BCUT2D eigenvalue weighted by atomic mass is 9.89. The Balaban J connectivity index is 1.46. The molecule has 2 aromatic carbocycles. The van der Waals surface area contributed by atoms with Gasteiger partial charge < -0.3 is 5.32 Å². The number of benzene rings is 2. The van der Waals surface area contributed by atoms with Gasteiger partial charge in [0.05, 0.1) is 10.9 Å². The maximum Gasteiger partial charge on any atom is 0.271 e. The minimum Gasteiger partial charge on any atom is -0.370 e. The van der Waals surface area contributed by atoms with Crippen molar-refractivity contribution in [3.05, 3.63) is 94.4 Å². The van der Waals surface area contributed by atoms with E-state index in [1.54, 1.807) is 6.20 Å². The van der Waals surface area contributed by atoms with Gasteiger partial charge in [0.1, 0.15) is 5.82 Å². The zero-order valence-electron chi connectivity index (χ0n) is 15.7. The molecular weight excluding hydrogens is 348 g/mol. The largest absolute Gasteiger partial charge is 0.370 e. The summed E-state index contributed by atoms with van der Waals surface area (Å²) in [6.45, 7) is 0.873. The molecule has 1 unspecified atom stereocenters. The van der Waals surface area contributed by atoms with Crippen molar-refractivity contribution in [1.82, 2.24) is 15.2 Å². The van der Waals surface area contributed by atoms with Gasteiger partial charge in [-0.25, -0.2) is 4.98 Å². The number of hydrogen-bond acceptors (Lipinski definition) is 3. The van der Waals surface area contributed by atoms with Gasteiger partial charge in [-0.05, 0) is 60.6 Å². The maximum atomic E-state index is 11.7. The van der Waals surface area contributed by atoms with Crippen molar-refractivity contribution >= 4 is 16.7 Å². The smallest absolute Gasteiger partial charge is 0.271 e. The molecule has 5 heteroatoms. The molecule has 0 aliphatic carbocycles. The standard InChI is InChI=1S/C23H24N4O/c28-23-20-10-9-18(16-21(20)26-27-23)15-19(14-17-6-2-1-3-7-17)11-13-25-22-8-4-5-12-24-22/h1-10,12,16,19H,11,13-15H2,(H,24,25)(H2,26,27,28). The topological polar surface area (TPSA) is 73.6 Å². The van der Waals surface area contributed by atoms with E-state index in [-0.39, 0.29) is 5.56 Å². The monoisotopic (exact) mass is 372 g/mol. The van der Waals surface area contributed by atoms with Crippen LogP contribution in [0, 0.1) is 5.92 Å². The molecule has 3 N–H and O–H groups in total. The van der Waals surface area contributed by atoms with Gasteiger partial charge in [-0.1, -0.05) is 42.5 Å². The van der Waals surface area contributed by atoms with Crippen molar-refractivity contribution in [3.8, 4) is 0 Å². The molecule has 5 nitrogen and oxygen atoms in total. The molecule has 0 aliphatic rings. The zero-order chi connectivity index (χ0) is 19.2. The molecule has 4 rings (SSSR count). The Bertz CT molecular complexity index is 1070. The Morgan fingerprint density at radius 1 is 0.893 bits per heavy atom. The summed E-state index contributed by atoms with van der Waals surface area (Å²) in [4.78, 5) is 16.1. The van der Waals surface area contributed by atoms with Crippen LogP contribution in [0.2, 0.25) is 0 Å². The highest BCUT2D eigenvalue weighted by Gasteiger charge is 2.12. The average molecular weight is 372 g/mol. The number of H-pyrrole nitrogens is 2. The summed E-state index contributed by atoms with van der Waals surface area (Å²) >= 11 is 0. The Hall–Kier alpha value is -3.34. The zero-order valence-corrected chi connectivity index (χ0v) is 15.7. The number of pyridine rings is 1. The Labute approximate surface area is 163 Å². The summed E-state index contributed by atoms with van der Waals surface area (Å²) < 4.78 is 0. The number of aromatic amines is 2. The van der Waals surface area contributed by atoms with Gasteiger partial charge >= 0.3 is 0 Å². The molecule has 28 heavy (non-hydrogen) atoms. The average Bonchev–Trinajstić information content (AvgIpc) is 3.10. The van der Waals surface area contributed by atoms with Crippen molar-refractivity contribution in [2.75, 3.05) is 11.9 Å². The van der Waals surface area contributed by atoms with E-state index in [1.165, 1.54) is 11.1 Å². The number of hydrogen-bond donors (Lipinski definition) is 3.